The second kappa shape index (κ2) is 3.97. The highest BCUT2D eigenvalue weighted by Crippen LogP contribution is 2.19. The van der Waals surface area contributed by atoms with Crippen molar-refractivity contribution in [3.8, 4) is 0 Å². The van der Waals surface area contributed by atoms with Crippen molar-refractivity contribution in [1.29, 1.82) is 0 Å². The molecule has 0 unspecified atom stereocenters. The minimum atomic E-state index is 0.325. The van der Waals surface area contributed by atoms with Gasteiger partial charge in [0.15, 0.2) is 0 Å². The molecule has 0 aliphatic carbocycles. The van der Waals surface area contributed by atoms with Crippen LogP contribution < -0.4 is 0 Å². The second-order valence-corrected chi connectivity index (χ2v) is 3.72. The summed E-state index contributed by atoms with van der Waals surface area (Å²) in [6, 6.07) is 0. The van der Waals surface area contributed by atoms with Gasteiger partial charge in [-0.05, 0) is 18.5 Å². The Morgan fingerprint density at radius 3 is 1.60 bits per heavy atom. The third-order valence-electron chi connectivity index (χ3n) is 1.38. The van der Waals surface area contributed by atoms with Gasteiger partial charge in [-0.1, -0.05) is 34.6 Å². The molecular formula is C9H20N. The first-order valence-electron chi connectivity index (χ1n) is 4.09. The van der Waals surface area contributed by atoms with Crippen molar-refractivity contribution in [3.63, 3.8) is 0 Å². The van der Waals surface area contributed by atoms with Gasteiger partial charge in [0.05, 0.1) is 0 Å². The average Bonchev–Trinajstić information content (AvgIpc) is 1.81. The van der Waals surface area contributed by atoms with Gasteiger partial charge in [0.1, 0.15) is 0 Å². The van der Waals surface area contributed by atoms with Gasteiger partial charge >= 0.3 is 0 Å². The number of hydrogen-bond acceptors (Lipinski definition) is 1. The first-order valence-corrected chi connectivity index (χ1v) is 4.09. The molecule has 0 saturated carbocycles. The summed E-state index contributed by atoms with van der Waals surface area (Å²) in [5.74, 6) is 0. The van der Waals surface area contributed by atoms with Crippen LogP contribution >= 0.6 is 0 Å². The third kappa shape index (κ3) is 4.80. The van der Waals surface area contributed by atoms with Gasteiger partial charge in [0.25, 0.3) is 0 Å². The van der Waals surface area contributed by atoms with Crippen LogP contribution in [-0.2, 0) is 0 Å². The number of hydrogen-bond donors (Lipinski definition) is 0. The van der Waals surface area contributed by atoms with Crippen molar-refractivity contribution in [3.05, 3.63) is 6.54 Å². The van der Waals surface area contributed by atoms with Gasteiger partial charge in [-0.15, -0.1) is 0 Å². The lowest BCUT2D eigenvalue weighted by Gasteiger charge is -2.26. The molecule has 0 rings (SSSR count). The molecule has 0 spiro atoms. The summed E-state index contributed by atoms with van der Waals surface area (Å²) in [6.07, 6.45) is 0. The van der Waals surface area contributed by atoms with E-state index in [2.05, 4.69) is 46.1 Å². The Morgan fingerprint density at radius 1 is 1.10 bits per heavy atom. The van der Waals surface area contributed by atoms with Crippen molar-refractivity contribution >= 4 is 0 Å². The summed E-state index contributed by atoms with van der Waals surface area (Å²) >= 11 is 0. The molecule has 10 heavy (non-hydrogen) atoms. The van der Waals surface area contributed by atoms with Crippen LogP contribution in [0.2, 0.25) is 0 Å². The Labute approximate surface area is 65.4 Å². The molecule has 0 aromatic carbocycles. The Morgan fingerprint density at radius 2 is 1.50 bits per heavy atom. The van der Waals surface area contributed by atoms with Gasteiger partial charge < -0.3 is 0 Å². The standard InChI is InChI=1S/C9H20N/c1-6-10(7-2)8-9(3,4)5/h8H,6-7H2,1-5H3. The molecule has 61 valence electrons. The quantitative estimate of drug-likeness (QED) is 0.585. The predicted octanol–water partition coefficient (Wildman–Crippen LogP) is 2.54. The highest BCUT2D eigenvalue weighted by atomic mass is 15.1. The molecule has 0 saturated heterocycles. The van der Waals surface area contributed by atoms with E-state index in [0.29, 0.717) is 5.41 Å². The van der Waals surface area contributed by atoms with E-state index in [1.54, 1.807) is 0 Å². The molecule has 1 nitrogen and oxygen atoms in total. The van der Waals surface area contributed by atoms with Crippen LogP contribution in [0.1, 0.15) is 34.6 Å². The molecule has 0 N–H and O–H groups in total. The monoisotopic (exact) mass is 142 g/mol. The predicted molar refractivity (Wildman–Crippen MR) is 46.7 cm³/mol. The van der Waals surface area contributed by atoms with E-state index >= 15 is 0 Å². The summed E-state index contributed by atoms with van der Waals surface area (Å²) in [7, 11) is 0. The molecule has 0 atom stereocenters. The van der Waals surface area contributed by atoms with Crippen molar-refractivity contribution in [2.24, 2.45) is 5.41 Å². The Kier molecular flexibility index (Phi) is 3.95. The van der Waals surface area contributed by atoms with Crippen LogP contribution in [0.15, 0.2) is 0 Å². The fraction of sp³-hybridized carbons (Fsp3) is 0.889. The van der Waals surface area contributed by atoms with Gasteiger partial charge in [-0.25, -0.2) is 0 Å². The zero-order chi connectivity index (χ0) is 8.20. The molecule has 0 aliphatic rings. The lowest BCUT2D eigenvalue weighted by atomic mass is 9.96. The molecule has 0 amide bonds. The summed E-state index contributed by atoms with van der Waals surface area (Å²) < 4.78 is 0. The molecule has 0 fully saturated rings. The molecule has 1 heteroatoms. The van der Waals surface area contributed by atoms with Crippen molar-refractivity contribution in [1.82, 2.24) is 4.90 Å². The Balaban J connectivity index is 3.63. The van der Waals surface area contributed by atoms with Gasteiger partial charge in [-0.3, -0.25) is 4.90 Å². The van der Waals surface area contributed by atoms with E-state index in [-0.39, 0.29) is 0 Å². The summed E-state index contributed by atoms with van der Waals surface area (Å²) in [6.45, 7) is 15.6. The van der Waals surface area contributed by atoms with Crippen LogP contribution in [-0.4, -0.2) is 18.0 Å². The fourth-order valence-corrected chi connectivity index (χ4v) is 0.954. The van der Waals surface area contributed by atoms with Gasteiger partial charge in [-0.2, -0.15) is 0 Å². The molecule has 0 heterocycles. The second-order valence-electron chi connectivity index (χ2n) is 3.72. The first kappa shape index (κ1) is 9.96. The van der Waals surface area contributed by atoms with E-state index in [1.165, 1.54) is 0 Å². The van der Waals surface area contributed by atoms with Crippen molar-refractivity contribution in [2.45, 2.75) is 34.6 Å². The molecular weight excluding hydrogens is 122 g/mol. The molecule has 0 bridgehead atoms. The normalized spacial score (nSPS) is 12.6. The van der Waals surface area contributed by atoms with Crippen LogP contribution in [0.25, 0.3) is 0 Å². The van der Waals surface area contributed by atoms with Crippen molar-refractivity contribution in [2.75, 3.05) is 13.1 Å². The number of nitrogens with zero attached hydrogens (tertiary/aromatic N) is 1. The maximum Gasteiger partial charge on any atom is 0.0304 e. The zero-order valence-corrected chi connectivity index (χ0v) is 7.94. The highest BCUT2D eigenvalue weighted by Gasteiger charge is 2.13. The topological polar surface area (TPSA) is 3.24 Å². The minimum Gasteiger partial charge on any atom is -0.299 e. The molecule has 1 radical (unpaired) electrons. The van der Waals surface area contributed by atoms with E-state index in [0.717, 1.165) is 13.1 Å². The van der Waals surface area contributed by atoms with Crippen LogP contribution in [0.4, 0.5) is 0 Å². The third-order valence-corrected chi connectivity index (χ3v) is 1.38. The van der Waals surface area contributed by atoms with Crippen molar-refractivity contribution < 1.29 is 0 Å². The summed E-state index contributed by atoms with van der Waals surface area (Å²) in [4.78, 5) is 2.33. The maximum atomic E-state index is 2.33. The molecule has 0 aromatic rings. The lowest BCUT2D eigenvalue weighted by molar-refractivity contribution is 0.277. The van der Waals surface area contributed by atoms with Crippen LogP contribution in [0, 0.1) is 12.0 Å². The van der Waals surface area contributed by atoms with E-state index in [1.807, 2.05) is 0 Å². The van der Waals surface area contributed by atoms with E-state index < -0.39 is 0 Å². The van der Waals surface area contributed by atoms with Gasteiger partial charge in [0, 0.05) is 6.54 Å². The summed E-state index contributed by atoms with van der Waals surface area (Å²) in [5, 5.41) is 0. The van der Waals surface area contributed by atoms with Crippen LogP contribution in [0.5, 0.6) is 0 Å². The molecule has 0 aromatic heterocycles. The van der Waals surface area contributed by atoms with E-state index in [9.17, 15) is 0 Å². The minimum absolute atomic E-state index is 0.325. The fourth-order valence-electron chi connectivity index (χ4n) is 0.954. The largest absolute Gasteiger partial charge is 0.299 e. The van der Waals surface area contributed by atoms with Gasteiger partial charge in [0.2, 0.25) is 0 Å². The zero-order valence-electron chi connectivity index (χ0n) is 7.94. The average molecular weight is 142 g/mol. The Bertz CT molecular complexity index is 77.2. The SMILES string of the molecule is CCN([CH]C(C)(C)C)CC. The Hall–Kier alpha value is -0.0400. The number of rotatable bonds is 3. The highest BCUT2D eigenvalue weighted by molar-refractivity contribution is 4.79. The lowest BCUT2D eigenvalue weighted by Crippen LogP contribution is -2.26. The molecule has 0 aliphatic heterocycles. The summed E-state index contributed by atoms with van der Waals surface area (Å²) in [5.41, 5.74) is 0.325. The smallest absolute Gasteiger partial charge is 0.0304 e. The van der Waals surface area contributed by atoms with Crippen LogP contribution in [0.3, 0.4) is 0 Å². The van der Waals surface area contributed by atoms with E-state index in [4.69, 9.17) is 0 Å². The maximum absolute atomic E-state index is 2.33. The first-order chi connectivity index (χ1) is 4.49.